The highest BCUT2D eigenvalue weighted by molar-refractivity contribution is 4.98. The van der Waals surface area contributed by atoms with E-state index >= 15 is 0 Å². The maximum atomic E-state index is 6.19. The van der Waals surface area contributed by atoms with Crippen LogP contribution in [0.1, 0.15) is 47.5 Å². The molecule has 2 fully saturated rings. The molecule has 3 nitrogen and oxygen atoms in total. The molecule has 0 amide bonds. The maximum Gasteiger partial charge on any atom is 0.132 e. The topological polar surface area (TPSA) is 24.5 Å². The molecule has 2 rings (SSSR count). The Morgan fingerprint density at radius 1 is 1.29 bits per heavy atom. The molecule has 100 valence electrons. The third-order valence-corrected chi connectivity index (χ3v) is 4.27. The average Bonchev–Trinajstić information content (AvgIpc) is 2.72. The van der Waals surface area contributed by atoms with Gasteiger partial charge < -0.3 is 4.74 Å². The van der Waals surface area contributed by atoms with Gasteiger partial charge in [-0.1, -0.05) is 13.8 Å². The van der Waals surface area contributed by atoms with Gasteiger partial charge in [-0.05, 0) is 40.2 Å². The van der Waals surface area contributed by atoms with E-state index in [1.807, 2.05) is 0 Å². The summed E-state index contributed by atoms with van der Waals surface area (Å²) in [6, 6.07) is 1.14. The lowest BCUT2D eigenvalue weighted by atomic mass is 9.90. The van der Waals surface area contributed by atoms with E-state index in [-0.39, 0.29) is 11.1 Å². The van der Waals surface area contributed by atoms with E-state index in [1.165, 1.54) is 19.4 Å². The Morgan fingerprint density at radius 3 is 2.53 bits per heavy atom. The number of hydrogen-bond acceptors (Lipinski definition) is 3. The van der Waals surface area contributed by atoms with Crippen molar-refractivity contribution < 1.29 is 4.74 Å². The highest BCUT2D eigenvalue weighted by Crippen LogP contribution is 2.34. The van der Waals surface area contributed by atoms with Gasteiger partial charge in [-0.15, -0.1) is 0 Å². The first-order valence-electron chi connectivity index (χ1n) is 6.99. The molecule has 0 aromatic carbocycles. The van der Waals surface area contributed by atoms with Crippen molar-refractivity contribution in [1.82, 2.24) is 10.2 Å². The van der Waals surface area contributed by atoms with Crippen LogP contribution in [-0.2, 0) is 4.74 Å². The highest BCUT2D eigenvalue weighted by Gasteiger charge is 2.45. The lowest BCUT2D eigenvalue weighted by Gasteiger charge is -2.48. The summed E-state index contributed by atoms with van der Waals surface area (Å²) < 4.78 is 6.19. The number of nitrogens with zero attached hydrogens (tertiary/aromatic N) is 1. The van der Waals surface area contributed by atoms with E-state index in [1.54, 1.807) is 0 Å². The van der Waals surface area contributed by atoms with Crippen LogP contribution in [0.25, 0.3) is 0 Å². The minimum atomic E-state index is -0.156. The summed E-state index contributed by atoms with van der Waals surface area (Å²) in [5, 5.41) is 3.65. The van der Waals surface area contributed by atoms with E-state index in [0.717, 1.165) is 13.2 Å². The first-order valence-corrected chi connectivity index (χ1v) is 6.99. The Bertz CT molecular complexity index is 265. The molecule has 2 unspecified atom stereocenters. The summed E-state index contributed by atoms with van der Waals surface area (Å²) in [6.07, 6.45) is 2.55. The molecule has 2 heterocycles. The van der Waals surface area contributed by atoms with Gasteiger partial charge in [0.05, 0.1) is 12.6 Å². The van der Waals surface area contributed by atoms with Crippen LogP contribution in [0.2, 0.25) is 0 Å². The van der Waals surface area contributed by atoms with E-state index in [2.05, 4.69) is 44.8 Å². The summed E-state index contributed by atoms with van der Waals surface area (Å²) in [4.78, 5) is 2.59. The van der Waals surface area contributed by atoms with E-state index in [4.69, 9.17) is 4.74 Å². The molecule has 1 N–H and O–H groups in total. The third kappa shape index (κ3) is 2.67. The highest BCUT2D eigenvalue weighted by atomic mass is 16.5. The summed E-state index contributed by atoms with van der Waals surface area (Å²) in [7, 11) is 0. The number of hydrogen-bond donors (Lipinski definition) is 1. The summed E-state index contributed by atoms with van der Waals surface area (Å²) in [5.74, 6) is 0. The molecular formula is C14H28N2O. The van der Waals surface area contributed by atoms with Gasteiger partial charge in [0.1, 0.15) is 5.72 Å². The average molecular weight is 240 g/mol. The molecule has 0 bridgehead atoms. The summed E-state index contributed by atoms with van der Waals surface area (Å²) in [5.41, 5.74) is 0.108. The molecule has 0 spiro atoms. The van der Waals surface area contributed by atoms with Gasteiger partial charge in [-0.2, -0.15) is 0 Å². The second-order valence-corrected chi connectivity index (χ2v) is 6.90. The molecule has 17 heavy (non-hydrogen) atoms. The SMILES string of the molecule is CC(C)N1CCCC1C1(C)NCC(C)(C)CO1. The zero-order valence-corrected chi connectivity index (χ0v) is 12.0. The molecule has 0 radical (unpaired) electrons. The molecule has 0 aromatic heterocycles. The summed E-state index contributed by atoms with van der Waals surface area (Å²) >= 11 is 0. The van der Waals surface area contributed by atoms with E-state index < -0.39 is 0 Å². The molecule has 2 aliphatic rings. The Hall–Kier alpha value is -0.120. The first-order chi connectivity index (χ1) is 7.84. The van der Waals surface area contributed by atoms with Crippen LogP contribution < -0.4 is 5.32 Å². The van der Waals surface area contributed by atoms with Crippen LogP contribution in [0.3, 0.4) is 0 Å². The van der Waals surface area contributed by atoms with Gasteiger partial charge in [0.25, 0.3) is 0 Å². The second kappa shape index (κ2) is 4.52. The van der Waals surface area contributed by atoms with Crippen LogP contribution in [0.15, 0.2) is 0 Å². The molecule has 2 atom stereocenters. The number of nitrogens with one attached hydrogen (secondary N) is 1. The van der Waals surface area contributed by atoms with Crippen LogP contribution in [0.5, 0.6) is 0 Å². The Labute approximate surface area is 106 Å². The zero-order chi connectivity index (χ0) is 12.7. The zero-order valence-electron chi connectivity index (χ0n) is 12.0. The van der Waals surface area contributed by atoms with E-state index in [9.17, 15) is 0 Å². The smallest absolute Gasteiger partial charge is 0.132 e. The predicted molar refractivity (Wildman–Crippen MR) is 71.0 cm³/mol. The van der Waals surface area contributed by atoms with Crippen LogP contribution in [0, 0.1) is 5.41 Å². The number of likely N-dealkylation sites (tertiary alicyclic amines) is 1. The van der Waals surface area contributed by atoms with Gasteiger partial charge in [-0.25, -0.2) is 0 Å². The van der Waals surface area contributed by atoms with Crippen LogP contribution in [0.4, 0.5) is 0 Å². The van der Waals surface area contributed by atoms with Crippen LogP contribution in [-0.4, -0.2) is 42.4 Å². The fourth-order valence-corrected chi connectivity index (χ4v) is 3.07. The summed E-state index contributed by atoms with van der Waals surface area (Å²) in [6.45, 7) is 14.4. The lowest BCUT2D eigenvalue weighted by molar-refractivity contribution is -0.161. The molecule has 0 aliphatic carbocycles. The van der Waals surface area contributed by atoms with Gasteiger partial charge in [0.15, 0.2) is 0 Å². The maximum absolute atomic E-state index is 6.19. The van der Waals surface area contributed by atoms with Gasteiger partial charge in [-0.3, -0.25) is 10.2 Å². The molecular weight excluding hydrogens is 212 g/mol. The fraction of sp³-hybridized carbons (Fsp3) is 1.00. The van der Waals surface area contributed by atoms with Gasteiger partial charge in [0.2, 0.25) is 0 Å². The standard InChI is InChI=1S/C14H28N2O/c1-11(2)16-8-6-7-12(16)14(5)15-9-13(3,4)10-17-14/h11-12,15H,6-10H2,1-5H3. The Morgan fingerprint density at radius 2 is 2.00 bits per heavy atom. The van der Waals surface area contributed by atoms with Crippen molar-refractivity contribution in [2.24, 2.45) is 5.41 Å². The Kier molecular flexibility index (Phi) is 3.54. The van der Waals surface area contributed by atoms with Crippen molar-refractivity contribution >= 4 is 0 Å². The van der Waals surface area contributed by atoms with Gasteiger partial charge in [0, 0.05) is 18.0 Å². The van der Waals surface area contributed by atoms with Crippen molar-refractivity contribution in [2.45, 2.75) is 65.3 Å². The molecule has 0 saturated carbocycles. The third-order valence-electron chi connectivity index (χ3n) is 4.27. The molecule has 2 saturated heterocycles. The van der Waals surface area contributed by atoms with Crippen molar-refractivity contribution in [3.63, 3.8) is 0 Å². The monoisotopic (exact) mass is 240 g/mol. The normalized spacial score (nSPS) is 38.8. The molecule has 3 heteroatoms. The minimum absolute atomic E-state index is 0.156. The fourth-order valence-electron chi connectivity index (χ4n) is 3.07. The lowest BCUT2D eigenvalue weighted by Crippen LogP contribution is -2.65. The quantitative estimate of drug-likeness (QED) is 0.801. The van der Waals surface area contributed by atoms with Crippen LogP contribution >= 0.6 is 0 Å². The van der Waals surface area contributed by atoms with Crippen molar-refractivity contribution in [3.8, 4) is 0 Å². The largest absolute Gasteiger partial charge is 0.359 e. The minimum Gasteiger partial charge on any atom is -0.359 e. The molecule has 2 aliphatic heterocycles. The number of rotatable bonds is 2. The number of ether oxygens (including phenoxy) is 1. The van der Waals surface area contributed by atoms with E-state index in [0.29, 0.717) is 12.1 Å². The van der Waals surface area contributed by atoms with Crippen molar-refractivity contribution in [3.05, 3.63) is 0 Å². The van der Waals surface area contributed by atoms with Crippen molar-refractivity contribution in [1.29, 1.82) is 0 Å². The second-order valence-electron chi connectivity index (χ2n) is 6.90. The first kappa shape index (κ1) is 13.3. The van der Waals surface area contributed by atoms with Crippen molar-refractivity contribution in [2.75, 3.05) is 19.7 Å². The Balaban J connectivity index is 2.06. The predicted octanol–water partition coefficient (Wildman–Crippen LogP) is 2.22. The van der Waals surface area contributed by atoms with Gasteiger partial charge >= 0.3 is 0 Å². The molecule has 0 aromatic rings.